The molecule has 17 heteroatoms. The van der Waals surface area contributed by atoms with Crippen LogP contribution in [-0.2, 0) is 29.0 Å². The van der Waals surface area contributed by atoms with Crippen molar-refractivity contribution in [3.8, 4) is 11.5 Å². The van der Waals surface area contributed by atoms with E-state index in [0.717, 1.165) is 74.7 Å². The molecule has 1 saturated heterocycles. The Morgan fingerprint density at radius 2 is 1.61 bits per heavy atom. The number of ketones is 2. The third-order valence-electron chi connectivity index (χ3n) is 26.6. The van der Waals surface area contributed by atoms with Gasteiger partial charge >= 0.3 is 0 Å². The number of aliphatic hydroxyl groups is 7. The SMILES string of the molecule is O=CC1CC2(CCC3(CC(Cc4cccc(O)c4)CC34CCCC4)C2)CC12CC1CC3CC4CC5(CO)OC6Oc7cccc8c7C(=O)C7(C(O)=CC(Cc9cccc(CO)c9)=CC7C8=O)C(CCCO)SSCNC7=CC(=C3CN7)C1(C2)C4C(O)(C6O)C5O. The first-order chi connectivity index (χ1) is 43.4. The number of aliphatic hydroxyl groups excluding tert-OH is 6. The Morgan fingerprint density at radius 3 is 2.41 bits per heavy atom. The third-order valence-corrected chi connectivity index (χ3v) is 29.3. The van der Waals surface area contributed by atoms with E-state index in [9.17, 15) is 45.6 Å². The summed E-state index contributed by atoms with van der Waals surface area (Å²) in [5, 5.41) is 103. The highest BCUT2D eigenvalue weighted by atomic mass is 33.1. The van der Waals surface area contributed by atoms with E-state index in [1.54, 1.807) is 30.4 Å². The van der Waals surface area contributed by atoms with Gasteiger partial charge < -0.3 is 65.8 Å². The number of phenolic OH excluding ortho intramolecular Hbond substituents is 1. The van der Waals surface area contributed by atoms with E-state index in [-0.39, 0.29) is 95.0 Å². The fraction of sp³-hybridized carbons (Fsp3) is 0.603. The van der Waals surface area contributed by atoms with Crippen molar-refractivity contribution >= 4 is 39.4 Å². The number of ether oxygens (including phenoxy) is 2. The van der Waals surface area contributed by atoms with Crippen molar-refractivity contribution in [2.45, 2.75) is 170 Å². The maximum atomic E-state index is 16.3. The van der Waals surface area contributed by atoms with Crippen LogP contribution in [0.5, 0.6) is 11.5 Å². The minimum Gasteiger partial charge on any atom is -0.511 e. The molecule has 15 nitrogen and oxygen atoms in total. The summed E-state index contributed by atoms with van der Waals surface area (Å²) >= 11 is 0. The number of allylic oxidation sites excluding steroid dienone is 6. The van der Waals surface area contributed by atoms with Gasteiger partial charge in [-0.15, -0.1) is 0 Å². The van der Waals surface area contributed by atoms with E-state index in [4.69, 9.17) is 9.47 Å². The number of carbonyl (C=O) groups is 3. The standard InChI is InChI=1S/C73H86N2O13S2/c76-18-6-13-57-72-54(23-44(24-56(72)81)20-41-7-3-9-43(19-41)34-77)60(82)51-11-5-12-55(59(51)62(72)83)87-64-63(84)73(86)61-47(30-70(39-79,88-64)65(73)85)25-46-26-48-32-67(38-71(48,61)53-27-58(74-33-52(46)53)75-40-89-90-57)36-66(31-49(67)35-78)16-17-69(37-66)29-45(28-68(69)14-1-2-15-68)21-42-8-4-10-50(80)22-42/h3-5,7-12,19,22-24,27,35,45-49,54,57,61,63-65,74-77,79-81,84-86H,1-2,6,13-18,20-21,25-26,28-34,36-40H2. The smallest absolute Gasteiger partial charge is 0.229 e. The number of aromatic hydroxyl groups is 1. The molecule has 7 saturated carbocycles. The summed E-state index contributed by atoms with van der Waals surface area (Å²) in [7, 11) is 2.83. The number of benzene rings is 3. The highest BCUT2D eigenvalue weighted by Gasteiger charge is 2.80. The molecule has 14 aliphatic rings. The molecule has 0 amide bonds. The topological polar surface area (TPSA) is 256 Å². The van der Waals surface area contributed by atoms with Gasteiger partial charge in [0.1, 0.15) is 52.4 Å². The first-order valence-electron chi connectivity index (χ1n) is 33.6. The van der Waals surface area contributed by atoms with Crippen LogP contribution < -0.4 is 15.4 Å². The van der Waals surface area contributed by atoms with Crippen molar-refractivity contribution in [1.82, 2.24) is 10.6 Å². The number of dihydropyridines is 1. The molecule has 8 fully saturated rings. The molecular formula is C73H86N2O13S2. The second-order valence-corrected chi connectivity index (χ2v) is 33.3. The Kier molecular flexibility index (Phi) is 14.4. The molecule has 10 N–H and O–H groups in total. The fourth-order valence-electron chi connectivity index (χ4n) is 23.8. The van der Waals surface area contributed by atoms with Crippen LogP contribution in [0.25, 0.3) is 0 Å². The number of Topliss-reactive ketones (excluding diaryl/α,β-unsaturated/α-hetero) is 2. The average molecular weight is 1260 g/mol. The van der Waals surface area contributed by atoms with Gasteiger partial charge in [0.15, 0.2) is 11.6 Å². The normalized spacial score (nSPS) is 42.4. The lowest BCUT2D eigenvalue weighted by Crippen LogP contribution is -2.81. The second kappa shape index (κ2) is 21.5. The predicted molar refractivity (Wildman–Crippen MR) is 339 cm³/mol. The Balaban J connectivity index is 0.803. The maximum Gasteiger partial charge on any atom is 0.229 e. The van der Waals surface area contributed by atoms with Gasteiger partial charge in [-0.3, -0.25) is 9.59 Å². The number of hydrogen-bond donors (Lipinski definition) is 10. The zero-order chi connectivity index (χ0) is 62.0. The van der Waals surface area contributed by atoms with E-state index >= 15 is 9.59 Å². The molecule has 6 spiro atoms. The number of phenols is 1. The van der Waals surface area contributed by atoms with Crippen LogP contribution in [0.15, 0.2) is 113 Å². The number of fused-ring (bicyclic) bond motifs is 3. The molecule has 18 unspecified atom stereocenters. The van der Waals surface area contributed by atoms with Gasteiger partial charge in [0.25, 0.3) is 0 Å². The van der Waals surface area contributed by atoms with Crippen molar-refractivity contribution in [1.29, 1.82) is 0 Å². The highest BCUT2D eigenvalue weighted by Crippen LogP contribution is 2.82. The van der Waals surface area contributed by atoms with Crippen molar-refractivity contribution < 1.29 is 64.7 Å². The molecule has 18 atom stereocenters. The summed E-state index contributed by atoms with van der Waals surface area (Å²) in [4.78, 5) is 46.2. The van der Waals surface area contributed by atoms with Crippen LogP contribution >= 0.6 is 21.6 Å². The van der Waals surface area contributed by atoms with Crippen LogP contribution in [0.4, 0.5) is 0 Å². The number of nitrogens with one attached hydrogen (secondary N) is 2. The molecule has 17 rings (SSSR count). The molecule has 3 aromatic carbocycles. The molecule has 0 aromatic heterocycles. The van der Waals surface area contributed by atoms with Crippen molar-refractivity contribution in [2.24, 2.45) is 73.9 Å². The molecule has 478 valence electrons. The predicted octanol–water partition coefficient (Wildman–Crippen LogP) is 9.66. The van der Waals surface area contributed by atoms with Crippen LogP contribution in [0.1, 0.15) is 153 Å². The van der Waals surface area contributed by atoms with Gasteiger partial charge in [-0.25, -0.2) is 0 Å². The molecular weight excluding hydrogens is 1180 g/mol. The number of carbonyl (C=O) groups excluding carboxylic acids is 3. The lowest BCUT2D eigenvalue weighted by atomic mass is 9.46. The highest BCUT2D eigenvalue weighted by molar-refractivity contribution is 8.76. The zero-order valence-corrected chi connectivity index (χ0v) is 52.8. The third kappa shape index (κ3) is 8.46. The van der Waals surface area contributed by atoms with E-state index in [0.29, 0.717) is 54.5 Å². The largest absolute Gasteiger partial charge is 0.511 e. The van der Waals surface area contributed by atoms with Crippen LogP contribution in [-0.4, -0.2) is 119 Å². The number of hydrogen-bond acceptors (Lipinski definition) is 17. The van der Waals surface area contributed by atoms with Gasteiger partial charge in [-0.2, -0.15) is 0 Å². The van der Waals surface area contributed by atoms with Crippen LogP contribution in [0, 0.1) is 73.9 Å². The lowest BCUT2D eigenvalue weighted by Gasteiger charge is -2.65. The first-order valence-corrected chi connectivity index (χ1v) is 35.9. The van der Waals surface area contributed by atoms with E-state index in [1.165, 1.54) is 77.2 Å². The minimum absolute atomic E-state index is 0.0392. The molecule has 90 heavy (non-hydrogen) atoms. The molecule has 0 radical (unpaired) electrons. The quantitative estimate of drug-likeness (QED) is 0.0670. The van der Waals surface area contributed by atoms with Crippen molar-refractivity contribution in [3.63, 3.8) is 0 Å². The summed E-state index contributed by atoms with van der Waals surface area (Å²) in [5.41, 5.74) is -1.49. The lowest BCUT2D eigenvalue weighted by molar-refractivity contribution is -0.392. The molecule has 11 aliphatic carbocycles. The number of aldehydes is 1. The fourth-order valence-corrected chi connectivity index (χ4v) is 26.6. The van der Waals surface area contributed by atoms with E-state index in [2.05, 4.69) is 22.8 Å². The summed E-state index contributed by atoms with van der Waals surface area (Å²) in [6.07, 6.45) is 18.3. The number of rotatable bonds is 10. The van der Waals surface area contributed by atoms with Crippen LogP contribution in [0.2, 0.25) is 0 Å². The van der Waals surface area contributed by atoms with Crippen molar-refractivity contribution in [3.05, 3.63) is 141 Å². The summed E-state index contributed by atoms with van der Waals surface area (Å²) in [5.74, 6) is -2.17. The Hall–Kier alpha value is -4.95. The van der Waals surface area contributed by atoms with Gasteiger partial charge in [0, 0.05) is 41.2 Å². The minimum atomic E-state index is -2.38. The maximum absolute atomic E-state index is 16.3. The van der Waals surface area contributed by atoms with Gasteiger partial charge in [-0.05, 0) is 225 Å². The van der Waals surface area contributed by atoms with E-state index in [1.807, 2.05) is 36.4 Å². The summed E-state index contributed by atoms with van der Waals surface area (Å²) < 4.78 is 13.7. The van der Waals surface area contributed by atoms with Crippen LogP contribution in [0.3, 0.4) is 0 Å². The molecule has 3 aromatic rings. The molecule has 3 aliphatic heterocycles. The molecule has 3 heterocycles. The zero-order valence-electron chi connectivity index (χ0n) is 51.1. The monoisotopic (exact) mass is 1260 g/mol. The Labute approximate surface area is 534 Å². The molecule has 10 bridgehead atoms. The van der Waals surface area contributed by atoms with Gasteiger partial charge in [-0.1, -0.05) is 89.0 Å². The van der Waals surface area contributed by atoms with Gasteiger partial charge in [0.2, 0.25) is 6.29 Å². The summed E-state index contributed by atoms with van der Waals surface area (Å²) in [6, 6.07) is 19.9. The van der Waals surface area contributed by atoms with E-state index < -0.39 is 81.2 Å². The summed E-state index contributed by atoms with van der Waals surface area (Å²) in [6.45, 7) is -0.581. The van der Waals surface area contributed by atoms with Gasteiger partial charge in [0.05, 0.1) is 36.4 Å². The Morgan fingerprint density at radius 1 is 0.811 bits per heavy atom. The Bertz CT molecular complexity index is 3600. The first kappa shape index (κ1) is 60.0. The second-order valence-electron chi connectivity index (χ2n) is 30.8. The average Bonchev–Trinajstić information content (AvgIpc) is 1.38. The van der Waals surface area contributed by atoms with Crippen molar-refractivity contribution in [2.75, 3.05) is 25.6 Å².